The Kier molecular flexibility index (Phi) is 4.43. The van der Waals surface area contributed by atoms with Crippen LogP contribution >= 0.6 is 0 Å². The molecule has 104 valence electrons. The first-order valence-corrected chi connectivity index (χ1v) is 6.84. The minimum absolute atomic E-state index is 0.331. The van der Waals surface area contributed by atoms with Crippen LogP contribution in [0.4, 0.5) is 5.69 Å². The molecule has 1 aromatic carbocycles. The maximum Gasteiger partial charge on any atom is 0.335 e. The summed E-state index contributed by atoms with van der Waals surface area (Å²) in [5, 5.41) is 12.4. The van der Waals surface area contributed by atoms with E-state index in [1.165, 1.54) is 19.4 Å². The lowest BCUT2D eigenvalue weighted by Gasteiger charge is -2.34. The summed E-state index contributed by atoms with van der Waals surface area (Å²) in [4.78, 5) is 13.3. The zero-order chi connectivity index (χ0) is 13.8. The molecule has 1 fully saturated rings. The normalized spacial score (nSPS) is 21.9. The van der Waals surface area contributed by atoms with Gasteiger partial charge in [0.2, 0.25) is 0 Å². The number of hydrogen-bond acceptors (Lipinski definition) is 3. The van der Waals surface area contributed by atoms with Crippen LogP contribution in [0.1, 0.15) is 30.1 Å². The molecule has 0 spiro atoms. The molecule has 1 aliphatic heterocycles. The molecule has 1 aromatic rings. The third-order valence-corrected chi connectivity index (χ3v) is 3.87. The number of carboxylic acid groups (broad SMARTS) is 1. The number of rotatable bonds is 4. The van der Waals surface area contributed by atoms with Crippen molar-refractivity contribution >= 4 is 11.7 Å². The second-order valence-electron chi connectivity index (χ2n) is 5.48. The lowest BCUT2D eigenvalue weighted by Crippen LogP contribution is -2.39. The molecule has 2 unspecified atom stereocenters. The molecule has 0 saturated carbocycles. The van der Waals surface area contributed by atoms with E-state index < -0.39 is 5.97 Å². The molecule has 2 N–H and O–H groups in total. The Bertz CT molecular complexity index is 448. The monoisotopic (exact) mass is 262 g/mol. The van der Waals surface area contributed by atoms with Crippen LogP contribution in [0.2, 0.25) is 0 Å². The van der Waals surface area contributed by atoms with Crippen LogP contribution in [-0.4, -0.2) is 42.2 Å². The number of aromatic carboxylic acids is 1. The Morgan fingerprint density at radius 1 is 1.53 bits per heavy atom. The summed E-state index contributed by atoms with van der Waals surface area (Å²) >= 11 is 0. The zero-order valence-corrected chi connectivity index (χ0v) is 11.6. The number of anilines is 1. The molecule has 2 atom stereocenters. The number of nitrogens with zero attached hydrogens (tertiary/aromatic N) is 1. The van der Waals surface area contributed by atoms with Crippen molar-refractivity contribution in [3.05, 3.63) is 29.8 Å². The van der Waals surface area contributed by atoms with E-state index in [4.69, 9.17) is 5.11 Å². The van der Waals surface area contributed by atoms with E-state index in [2.05, 4.69) is 24.2 Å². The standard InChI is InChI=1S/C15H22N2O2/c1-11(13-6-4-8-17(2)10-13)16-14-7-3-5-12(9-14)15(18)19/h3,5,7,9,11,13,16H,4,6,8,10H2,1-2H3,(H,18,19). The first-order valence-electron chi connectivity index (χ1n) is 6.84. The van der Waals surface area contributed by atoms with Crippen molar-refractivity contribution in [2.75, 3.05) is 25.5 Å². The molecule has 0 radical (unpaired) electrons. The smallest absolute Gasteiger partial charge is 0.335 e. The molecule has 1 aliphatic rings. The first-order chi connectivity index (χ1) is 9.06. The molecule has 19 heavy (non-hydrogen) atoms. The third-order valence-electron chi connectivity index (χ3n) is 3.87. The van der Waals surface area contributed by atoms with Crippen LogP contribution in [0.3, 0.4) is 0 Å². The molecule has 4 heteroatoms. The first kappa shape index (κ1) is 13.9. The minimum Gasteiger partial charge on any atom is -0.478 e. The van der Waals surface area contributed by atoms with Gasteiger partial charge in [-0.25, -0.2) is 4.79 Å². The number of carbonyl (C=O) groups is 1. The maximum absolute atomic E-state index is 10.9. The lowest BCUT2D eigenvalue weighted by molar-refractivity contribution is 0.0697. The average molecular weight is 262 g/mol. The Balaban J connectivity index is 1.99. The number of likely N-dealkylation sites (tertiary alicyclic amines) is 1. The minimum atomic E-state index is -0.881. The van der Waals surface area contributed by atoms with Crippen molar-refractivity contribution in [3.63, 3.8) is 0 Å². The highest BCUT2D eigenvalue weighted by molar-refractivity contribution is 5.88. The summed E-state index contributed by atoms with van der Waals surface area (Å²) in [7, 11) is 2.16. The van der Waals surface area contributed by atoms with Gasteiger partial charge in [0.25, 0.3) is 0 Å². The van der Waals surface area contributed by atoms with Crippen LogP contribution in [0, 0.1) is 5.92 Å². The van der Waals surface area contributed by atoms with Gasteiger partial charge in [-0.1, -0.05) is 6.07 Å². The quantitative estimate of drug-likeness (QED) is 0.875. The molecule has 0 bridgehead atoms. The topological polar surface area (TPSA) is 52.6 Å². The highest BCUT2D eigenvalue weighted by Crippen LogP contribution is 2.22. The van der Waals surface area contributed by atoms with Crippen LogP contribution in [0.15, 0.2) is 24.3 Å². The average Bonchev–Trinajstić information content (AvgIpc) is 2.39. The summed E-state index contributed by atoms with van der Waals surface area (Å²) in [5.41, 5.74) is 1.22. The molecule has 1 heterocycles. The molecule has 0 aromatic heterocycles. The number of piperidine rings is 1. The van der Waals surface area contributed by atoms with E-state index in [0.29, 0.717) is 17.5 Å². The zero-order valence-electron chi connectivity index (χ0n) is 11.6. The summed E-state index contributed by atoms with van der Waals surface area (Å²) < 4.78 is 0. The fourth-order valence-corrected chi connectivity index (χ4v) is 2.74. The summed E-state index contributed by atoms with van der Waals surface area (Å²) in [6, 6.07) is 7.38. The molecule has 1 saturated heterocycles. The Labute approximate surface area is 114 Å². The molecule has 2 rings (SSSR count). The molecule has 4 nitrogen and oxygen atoms in total. The Morgan fingerprint density at radius 3 is 3.00 bits per heavy atom. The van der Waals surface area contributed by atoms with Crippen molar-refractivity contribution in [2.24, 2.45) is 5.92 Å². The summed E-state index contributed by atoms with van der Waals surface area (Å²) in [6.45, 7) is 4.46. The third kappa shape index (κ3) is 3.70. The van der Waals surface area contributed by atoms with Crippen molar-refractivity contribution in [1.29, 1.82) is 0 Å². The molecular weight excluding hydrogens is 240 g/mol. The van der Waals surface area contributed by atoms with Crippen molar-refractivity contribution in [2.45, 2.75) is 25.8 Å². The second kappa shape index (κ2) is 6.06. The number of nitrogens with one attached hydrogen (secondary N) is 1. The van der Waals surface area contributed by atoms with Crippen LogP contribution in [0.5, 0.6) is 0 Å². The highest BCUT2D eigenvalue weighted by Gasteiger charge is 2.22. The van der Waals surface area contributed by atoms with Crippen LogP contribution in [0.25, 0.3) is 0 Å². The van der Waals surface area contributed by atoms with Gasteiger partial charge in [0, 0.05) is 18.3 Å². The number of hydrogen-bond donors (Lipinski definition) is 2. The maximum atomic E-state index is 10.9. The van der Waals surface area contributed by atoms with Crippen molar-refractivity contribution < 1.29 is 9.90 Å². The van der Waals surface area contributed by atoms with Crippen molar-refractivity contribution in [3.8, 4) is 0 Å². The number of carboxylic acids is 1. The van der Waals surface area contributed by atoms with E-state index in [-0.39, 0.29) is 0 Å². The van der Waals surface area contributed by atoms with Gasteiger partial charge in [0.05, 0.1) is 5.56 Å². The predicted octanol–water partition coefficient (Wildman–Crippen LogP) is 2.53. The van der Waals surface area contributed by atoms with E-state index in [9.17, 15) is 4.79 Å². The summed E-state index contributed by atoms with van der Waals surface area (Å²) in [5.74, 6) is -0.263. The van der Waals surface area contributed by atoms with Crippen LogP contribution in [-0.2, 0) is 0 Å². The Morgan fingerprint density at radius 2 is 2.32 bits per heavy atom. The molecule has 0 amide bonds. The van der Waals surface area contributed by atoms with E-state index in [1.54, 1.807) is 18.2 Å². The molecular formula is C15H22N2O2. The fraction of sp³-hybridized carbons (Fsp3) is 0.533. The SMILES string of the molecule is CC(Nc1cccc(C(=O)O)c1)C1CCCN(C)C1. The van der Waals surface area contributed by atoms with E-state index >= 15 is 0 Å². The van der Waals surface area contributed by atoms with Gasteiger partial charge in [-0.2, -0.15) is 0 Å². The Hall–Kier alpha value is -1.55. The summed E-state index contributed by atoms with van der Waals surface area (Å²) in [6.07, 6.45) is 2.47. The predicted molar refractivity (Wildman–Crippen MR) is 76.7 cm³/mol. The van der Waals surface area contributed by atoms with Gasteiger partial charge >= 0.3 is 5.97 Å². The highest BCUT2D eigenvalue weighted by atomic mass is 16.4. The molecule has 0 aliphatic carbocycles. The number of benzene rings is 1. The van der Waals surface area contributed by atoms with Crippen molar-refractivity contribution in [1.82, 2.24) is 4.90 Å². The van der Waals surface area contributed by atoms with Gasteiger partial charge in [0.1, 0.15) is 0 Å². The lowest BCUT2D eigenvalue weighted by atomic mass is 9.91. The van der Waals surface area contributed by atoms with Gasteiger partial charge in [0.15, 0.2) is 0 Å². The van der Waals surface area contributed by atoms with Gasteiger partial charge < -0.3 is 15.3 Å². The van der Waals surface area contributed by atoms with E-state index in [0.717, 1.165) is 12.2 Å². The van der Waals surface area contributed by atoms with Gasteiger partial charge in [-0.3, -0.25) is 0 Å². The van der Waals surface area contributed by atoms with Gasteiger partial charge in [-0.15, -0.1) is 0 Å². The van der Waals surface area contributed by atoms with Gasteiger partial charge in [-0.05, 0) is 57.5 Å². The largest absolute Gasteiger partial charge is 0.478 e. The van der Waals surface area contributed by atoms with E-state index in [1.807, 2.05) is 6.07 Å². The second-order valence-corrected chi connectivity index (χ2v) is 5.48. The van der Waals surface area contributed by atoms with Crippen LogP contribution < -0.4 is 5.32 Å². The fourth-order valence-electron chi connectivity index (χ4n) is 2.74.